The van der Waals surface area contributed by atoms with Gasteiger partial charge < -0.3 is 13.3 Å². The molecule has 0 heterocycles. The van der Waals surface area contributed by atoms with Crippen molar-refractivity contribution in [1.29, 1.82) is 0 Å². The van der Waals surface area contributed by atoms with Gasteiger partial charge in [0.15, 0.2) is 0 Å². The summed E-state index contributed by atoms with van der Waals surface area (Å²) in [5.41, 5.74) is 0. The molecule has 0 unspecified atom stereocenters. The third-order valence-corrected chi connectivity index (χ3v) is 0.537. The monoisotopic (exact) mass is 309 g/mol. The quantitative estimate of drug-likeness (QED) is 0.687. The average molecular weight is 309 g/mol. The number of allylic oxidation sites excluding steroid dienone is 2. The molecule has 0 aromatic carbocycles. The topological polar surface area (TPSA) is 0 Å². The van der Waals surface area contributed by atoms with E-state index in [0.29, 0.717) is 0 Å². The minimum Gasteiger partial charge on any atom is -0.344 e. The first-order valence-electron chi connectivity index (χ1n) is 3.30. The van der Waals surface area contributed by atoms with Crippen LogP contribution in [0.4, 0.5) is 0 Å². The Morgan fingerprint density at radius 3 is 1.90 bits per heavy atom. The Morgan fingerprint density at radius 1 is 1.40 bits per heavy atom. The van der Waals surface area contributed by atoms with E-state index in [1.54, 1.807) is 6.08 Å². The molecule has 0 atom stereocenters. The van der Waals surface area contributed by atoms with E-state index in [2.05, 4.69) is 13.8 Å². The molecule has 0 aliphatic carbocycles. The second-order valence-electron chi connectivity index (χ2n) is 1.69. The van der Waals surface area contributed by atoms with Gasteiger partial charge in [-0.25, -0.2) is 19.1 Å². The molecule has 0 amide bonds. The summed E-state index contributed by atoms with van der Waals surface area (Å²) in [7, 11) is 0. The largest absolute Gasteiger partial charge is 0.344 e. The van der Waals surface area contributed by atoms with E-state index >= 15 is 0 Å². The van der Waals surface area contributed by atoms with Crippen molar-refractivity contribution in [2.24, 2.45) is 0 Å². The van der Waals surface area contributed by atoms with Crippen molar-refractivity contribution in [1.82, 2.24) is 0 Å². The van der Waals surface area contributed by atoms with Gasteiger partial charge >= 0.3 is 0 Å². The van der Waals surface area contributed by atoms with Crippen LogP contribution in [0.25, 0.3) is 0 Å². The van der Waals surface area contributed by atoms with Crippen molar-refractivity contribution in [2.45, 2.75) is 26.7 Å². The molecule has 0 N–H and O–H groups in total. The third kappa shape index (κ3) is 40.6. The minimum absolute atomic E-state index is 0. The Hall–Kier alpha value is 0.298. The Kier molecular flexibility index (Phi) is 38.1. The van der Waals surface area contributed by atoms with E-state index in [1.807, 2.05) is 26.3 Å². The summed E-state index contributed by atoms with van der Waals surface area (Å²) in [6.45, 7) is 11.2. The molecule has 0 aromatic rings. The second-order valence-corrected chi connectivity index (χ2v) is 1.69. The van der Waals surface area contributed by atoms with Crippen LogP contribution in [0, 0.1) is 20.3 Å². The molecule has 0 saturated heterocycles. The number of hydrogen-bond donors (Lipinski definition) is 0. The van der Waals surface area contributed by atoms with Crippen LogP contribution in [0.2, 0.25) is 0 Å². The van der Waals surface area contributed by atoms with Gasteiger partial charge in [-0.15, -0.1) is 6.42 Å². The van der Waals surface area contributed by atoms with E-state index in [1.165, 1.54) is 0 Å². The molecule has 0 aliphatic rings. The summed E-state index contributed by atoms with van der Waals surface area (Å²) in [6, 6.07) is 0. The van der Waals surface area contributed by atoms with E-state index in [9.17, 15) is 0 Å². The predicted octanol–water partition coefficient (Wildman–Crippen LogP) is 3.22. The van der Waals surface area contributed by atoms with Gasteiger partial charge in [0.1, 0.15) is 0 Å². The molecule has 0 rings (SSSR count). The molecule has 0 spiro atoms. The normalized spacial score (nSPS) is 7.90. The summed E-state index contributed by atoms with van der Waals surface area (Å²) < 4.78 is 0. The number of unbranched alkanes of at least 4 members (excludes halogenated alkanes) is 1. The van der Waals surface area contributed by atoms with E-state index in [-0.39, 0.29) is 21.1 Å². The van der Waals surface area contributed by atoms with Gasteiger partial charge in [-0.3, -0.25) is 0 Å². The molecule has 0 saturated carbocycles. The third-order valence-electron chi connectivity index (χ3n) is 0.537. The Labute approximate surface area is 80.4 Å². The maximum absolute atomic E-state index is 3.64. The molecule has 0 nitrogen and oxygen atoms in total. The van der Waals surface area contributed by atoms with Crippen LogP contribution in [0.3, 0.4) is 0 Å². The first-order valence-corrected chi connectivity index (χ1v) is 3.30. The van der Waals surface area contributed by atoms with Gasteiger partial charge in [0, 0.05) is 21.1 Å². The molecule has 0 aromatic heterocycles. The molecule has 0 fully saturated rings. The van der Waals surface area contributed by atoms with Crippen molar-refractivity contribution in [3.8, 4) is 0 Å². The second kappa shape index (κ2) is 22.8. The van der Waals surface area contributed by atoms with Crippen LogP contribution < -0.4 is 0 Å². The van der Waals surface area contributed by atoms with Crippen molar-refractivity contribution >= 4 is 0 Å². The Morgan fingerprint density at radius 2 is 1.80 bits per heavy atom. The van der Waals surface area contributed by atoms with Crippen molar-refractivity contribution in [2.75, 3.05) is 0 Å². The van der Waals surface area contributed by atoms with Crippen LogP contribution in [-0.4, -0.2) is 0 Å². The fourth-order valence-corrected chi connectivity index (χ4v) is 0.236. The Balaban J connectivity index is -0.000000107. The van der Waals surface area contributed by atoms with Crippen LogP contribution in [0.1, 0.15) is 26.7 Å². The fourth-order valence-electron chi connectivity index (χ4n) is 0.236. The summed E-state index contributed by atoms with van der Waals surface area (Å²) in [5, 5.41) is 0. The van der Waals surface area contributed by atoms with Crippen molar-refractivity contribution in [3.05, 3.63) is 32.4 Å². The van der Waals surface area contributed by atoms with Gasteiger partial charge in [-0.1, -0.05) is 0 Å². The van der Waals surface area contributed by atoms with Gasteiger partial charge in [0.25, 0.3) is 0 Å². The molecule has 62 valence electrons. The van der Waals surface area contributed by atoms with Crippen molar-refractivity contribution < 1.29 is 21.1 Å². The molecule has 0 radical (unpaired) electrons. The molecule has 0 bridgehead atoms. The van der Waals surface area contributed by atoms with Gasteiger partial charge in [-0.2, -0.15) is 20.3 Å². The zero-order valence-electron chi connectivity index (χ0n) is 6.97. The standard InChI is InChI=1S/C6H10.C3H7.W/c1-3-5-6-4-2;1-3-2;/h3,5H,1-2,4,6H2;3H,1-2H3;/q-2;-1;/b5-3+;;. The fraction of sp³-hybridized carbons (Fsp3) is 0.444. The summed E-state index contributed by atoms with van der Waals surface area (Å²) in [5.74, 6) is 0. The zero-order chi connectivity index (χ0) is 7.54. The molecule has 0 aliphatic heterocycles. The van der Waals surface area contributed by atoms with Crippen LogP contribution >= 0.6 is 0 Å². The van der Waals surface area contributed by atoms with Crippen LogP contribution in [-0.2, 0) is 21.1 Å². The maximum Gasteiger partial charge on any atom is 0 e. The summed E-state index contributed by atoms with van der Waals surface area (Å²) in [4.78, 5) is 0. The van der Waals surface area contributed by atoms with E-state index < -0.39 is 0 Å². The van der Waals surface area contributed by atoms with E-state index in [0.717, 1.165) is 12.8 Å². The van der Waals surface area contributed by atoms with E-state index in [4.69, 9.17) is 0 Å². The van der Waals surface area contributed by atoms with Crippen molar-refractivity contribution in [3.63, 3.8) is 0 Å². The molecular weight excluding hydrogens is 292 g/mol. The minimum atomic E-state index is 0. The van der Waals surface area contributed by atoms with Gasteiger partial charge in [0.05, 0.1) is 0 Å². The smallest absolute Gasteiger partial charge is 0 e. The van der Waals surface area contributed by atoms with Gasteiger partial charge in [-0.05, 0) is 0 Å². The molecular formula is C9H17W-3. The predicted molar refractivity (Wildman–Crippen MR) is 44.7 cm³/mol. The number of rotatable bonds is 2. The average Bonchev–Trinajstić information content (AvgIpc) is 1.86. The van der Waals surface area contributed by atoms with Gasteiger partial charge in [0.2, 0.25) is 0 Å². The first-order chi connectivity index (χ1) is 4.33. The SMILES string of the molecule is C[CH-]C.[CH2-]/C=C/CC[CH2-].[W]. The summed E-state index contributed by atoms with van der Waals surface area (Å²) in [6.07, 6.45) is 7.84. The molecule has 1 heteroatoms. The zero-order valence-corrected chi connectivity index (χ0v) is 9.90. The Bertz CT molecular complexity index is 48.7. The van der Waals surface area contributed by atoms with Crippen LogP contribution in [0.5, 0.6) is 0 Å². The number of hydrogen-bond acceptors (Lipinski definition) is 0. The maximum atomic E-state index is 3.64. The first kappa shape index (κ1) is 16.7. The summed E-state index contributed by atoms with van der Waals surface area (Å²) >= 11 is 0. The molecule has 10 heavy (non-hydrogen) atoms. The van der Waals surface area contributed by atoms with Crippen LogP contribution in [0.15, 0.2) is 12.2 Å².